The van der Waals surface area contributed by atoms with Crippen LogP contribution >= 0.6 is 11.8 Å². The molecule has 0 saturated carbocycles. The Hall–Kier alpha value is 0.330. The van der Waals surface area contributed by atoms with E-state index in [1.807, 2.05) is 38.7 Å². The van der Waals surface area contributed by atoms with Gasteiger partial charge in [-0.25, -0.2) is 0 Å². The van der Waals surface area contributed by atoms with Crippen LogP contribution in [-0.2, 0) is 11.4 Å². The minimum absolute atomic E-state index is 0.222. The lowest BCUT2D eigenvalue weighted by Gasteiger charge is -2.20. The van der Waals surface area contributed by atoms with E-state index in [1.54, 1.807) is 0 Å². The van der Waals surface area contributed by atoms with E-state index in [-0.39, 0.29) is 4.75 Å². The van der Waals surface area contributed by atoms with E-state index in [4.69, 9.17) is 0 Å². The SMILES string of the molecule is CC(C)(C)[S+]([O-])N=CC1CCSCC1. The zero-order valence-corrected chi connectivity index (χ0v) is 10.8. The van der Waals surface area contributed by atoms with Crippen LogP contribution < -0.4 is 0 Å². The lowest BCUT2D eigenvalue weighted by Crippen LogP contribution is -2.26. The standard InChI is InChI=1S/C10H19NOS2/c1-10(2,3)14(12)11-8-9-4-6-13-7-5-9/h8-9H,4-7H2,1-3H3. The third-order valence-corrected chi connectivity index (χ3v) is 4.57. The predicted molar refractivity (Wildman–Crippen MR) is 66.4 cm³/mol. The first-order valence-electron chi connectivity index (χ1n) is 5.04. The van der Waals surface area contributed by atoms with Crippen LogP contribution in [-0.4, -0.2) is 27.0 Å². The van der Waals surface area contributed by atoms with Crippen LogP contribution in [0.3, 0.4) is 0 Å². The average Bonchev–Trinajstić information content (AvgIpc) is 2.14. The maximum absolute atomic E-state index is 11.6. The van der Waals surface area contributed by atoms with Gasteiger partial charge in [0.2, 0.25) is 0 Å². The van der Waals surface area contributed by atoms with E-state index in [2.05, 4.69) is 4.40 Å². The van der Waals surface area contributed by atoms with Crippen molar-refractivity contribution in [1.29, 1.82) is 0 Å². The van der Waals surface area contributed by atoms with Crippen molar-refractivity contribution in [3.63, 3.8) is 0 Å². The van der Waals surface area contributed by atoms with E-state index in [9.17, 15) is 4.55 Å². The molecule has 14 heavy (non-hydrogen) atoms. The van der Waals surface area contributed by atoms with Crippen LogP contribution in [0.25, 0.3) is 0 Å². The van der Waals surface area contributed by atoms with Crippen LogP contribution in [0.2, 0.25) is 0 Å². The highest BCUT2D eigenvalue weighted by atomic mass is 32.2. The zero-order valence-electron chi connectivity index (χ0n) is 9.16. The summed E-state index contributed by atoms with van der Waals surface area (Å²) in [5, 5.41) is 0. The van der Waals surface area contributed by atoms with Gasteiger partial charge in [0.25, 0.3) is 0 Å². The Morgan fingerprint density at radius 3 is 2.43 bits per heavy atom. The van der Waals surface area contributed by atoms with Gasteiger partial charge < -0.3 is 4.55 Å². The molecule has 2 nitrogen and oxygen atoms in total. The van der Waals surface area contributed by atoms with Crippen molar-refractivity contribution in [1.82, 2.24) is 0 Å². The molecule has 0 aromatic rings. The number of thioether (sulfide) groups is 1. The summed E-state index contributed by atoms with van der Waals surface area (Å²) in [5.41, 5.74) is 0. The number of hydrogen-bond acceptors (Lipinski definition) is 3. The molecule has 1 aliphatic heterocycles. The van der Waals surface area contributed by atoms with Crippen LogP contribution in [0, 0.1) is 5.92 Å². The third kappa shape index (κ3) is 4.24. The summed E-state index contributed by atoms with van der Waals surface area (Å²) < 4.78 is 15.5. The van der Waals surface area contributed by atoms with E-state index in [0.717, 1.165) is 0 Å². The molecule has 0 aromatic heterocycles. The Bertz CT molecular complexity index is 195. The molecule has 0 spiro atoms. The van der Waals surface area contributed by atoms with Gasteiger partial charge >= 0.3 is 0 Å². The Morgan fingerprint density at radius 2 is 1.93 bits per heavy atom. The minimum atomic E-state index is -1.08. The van der Waals surface area contributed by atoms with E-state index < -0.39 is 11.4 Å². The minimum Gasteiger partial charge on any atom is -0.591 e. The van der Waals surface area contributed by atoms with Gasteiger partial charge in [-0.3, -0.25) is 0 Å². The second-order valence-electron chi connectivity index (χ2n) is 4.57. The first-order valence-corrected chi connectivity index (χ1v) is 7.30. The summed E-state index contributed by atoms with van der Waals surface area (Å²) in [6, 6.07) is 0. The highest BCUT2D eigenvalue weighted by Crippen LogP contribution is 2.22. The van der Waals surface area contributed by atoms with Crippen LogP contribution in [0.5, 0.6) is 0 Å². The molecule has 0 aliphatic carbocycles. The monoisotopic (exact) mass is 233 g/mol. The van der Waals surface area contributed by atoms with Crippen molar-refractivity contribution >= 4 is 29.3 Å². The topological polar surface area (TPSA) is 35.4 Å². The van der Waals surface area contributed by atoms with Crippen molar-refractivity contribution in [3.05, 3.63) is 0 Å². The molecule has 1 saturated heterocycles. The summed E-state index contributed by atoms with van der Waals surface area (Å²) in [6.07, 6.45) is 4.30. The van der Waals surface area contributed by atoms with Crippen molar-refractivity contribution in [2.75, 3.05) is 11.5 Å². The van der Waals surface area contributed by atoms with Crippen molar-refractivity contribution in [3.8, 4) is 0 Å². The molecule has 0 radical (unpaired) electrons. The highest BCUT2D eigenvalue weighted by Gasteiger charge is 2.26. The fourth-order valence-corrected chi connectivity index (χ4v) is 2.91. The molecular weight excluding hydrogens is 214 g/mol. The lowest BCUT2D eigenvalue weighted by atomic mass is 10.1. The molecular formula is C10H19NOS2. The maximum atomic E-state index is 11.6. The lowest BCUT2D eigenvalue weighted by molar-refractivity contribution is 0.560. The van der Waals surface area contributed by atoms with Crippen molar-refractivity contribution in [2.24, 2.45) is 10.3 Å². The van der Waals surface area contributed by atoms with Crippen LogP contribution in [0.1, 0.15) is 33.6 Å². The molecule has 1 rings (SSSR count). The fourth-order valence-electron chi connectivity index (χ4n) is 1.16. The first-order chi connectivity index (χ1) is 6.50. The average molecular weight is 233 g/mol. The van der Waals surface area contributed by atoms with Crippen molar-refractivity contribution in [2.45, 2.75) is 38.4 Å². The quantitative estimate of drug-likeness (QED) is 0.543. The molecule has 0 amide bonds. The Balaban J connectivity index is 2.38. The summed E-state index contributed by atoms with van der Waals surface area (Å²) in [5.74, 6) is 3.00. The molecule has 1 aliphatic rings. The summed E-state index contributed by atoms with van der Waals surface area (Å²) >= 11 is 0.925. The number of hydrogen-bond donors (Lipinski definition) is 0. The first kappa shape index (κ1) is 12.4. The normalized spacial score (nSPS) is 22.9. The maximum Gasteiger partial charge on any atom is 0.144 e. The van der Waals surface area contributed by atoms with Gasteiger partial charge in [-0.2, -0.15) is 11.8 Å². The number of nitrogens with zero attached hydrogens (tertiary/aromatic N) is 1. The Morgan fingerprint density at radius 1 is 1.36 bits per heavy atom. The van der Waals surface area contributed by atoms with Gasteiger partial charge in [-0.15, -0.1) is 0 Å². The van der Waals surface area contributed by atoms with Crippen LogP contribution in [0.4, 0.5) is 0 Å². The second kappa shape index (κ2) is 5.42. The van der Waals surface area contributed by atoms with Gasteiger partial charge in [0.15, 0.2) is 0 Å². The van der Waals surface area contributed by atoms with E-state index in [0.29, 0.717) is 5.92 Å². The molecule has 4 heteroatoms. The molecule has 1 atom stereocenters. The zero-order chi connectivity index (χ0) is 10.6. The smallest absolute Gasteiger partial charge is 0.144 e. The largest absolute Gasteiger partial charge is 0.591 e. The summed E-state index contributed by atoms with van der Waals surface area (Å²) in [4.78, 5) is 0. The molecule has 1 unspecified atom stereocenters. The summed E-state index contributed by atoms with van der Waals surface area (Å²) in [6.45, 7) is 5.87. The number of rotatable bonds is 2. The Kier molecular flexibility index (Phi) is 4.80. The fraction of sp³-hybridized carbons (Fsp3) is 0.900. The van der Waals surface area contributed by atoms with Gasteiger partial charge in [0.1, 0.15) is 16.1 Å². The summed E-state index contributed by atoms with van der Waals surface area (Å²) in [7, 11) is 0. The Labute approximate surface area is 94.3 Å². The molecule has 1 fully saturated rings. The predicted octanol–water partition coefficient (Wildman–Crippen LogP) is 2.66. The molecule has 1 heterocycles. The molecule has 0 bridgehead atoms. The molecule has 0 N–H and O–H groups in total. The van der Waals surface area contributed by atoms with Gasteiger partial charge in [-0.05, 0) is 45.1 Å². The second-order valence-corrected chi connectivity index (χ2v) is 7.72. The van der Waals surface area contributed by atoms with Gasteiger partial charge in [0.05, 0.1) is 6.21 Å². The third-order valence-electron chi connectivity index (χ3n) is 2.16. The van der Waals surface area contributed by atoms with E-state index in [1.165, 1.54) is 24.3 Å². The van der Waals surface area contributed by atoms with E-state index >= 15 is 0 Å². The van der Waals surface area contributed by atoms with Gasteiger partial charge in [0, 0.05) is 5.92 Å². The molecule has 82 valence electrons. The van der Waals surface area contributed by atoms with Gasteiger partial charge in [-0.1, -0.05) is 4.40 Å². The highest BCUT2D eigenvalue weighted by molar-refractivity contribution is 7.99. The van der Waals surface area contributed by atoms with Crippen LogP contribution in [0.15, 0.2) is 4.40 Å². The van der Waals surface area contributed by atoms with Crippen molar-refractivity contribution < 1.29 is 4.55 Å². The molecule has 0 aromatic carbocycles.